The third-order valence-electron chi connectivity index (χ3n) is 3.15. The first-order valence-corrected chi connectivity index (χ1v) is 7.24. The molecule has 0 radical (unpaired) electrons. The fourth-order valence-electron chi connectivity index (χ4n) is 2.02. The summed E-state index contributed by atoms with van der Waals surface area (Å²) in [5.41, 5.74) is 3.18. The molecule has 3 heterocycles. The zero-order valence-electron chi connectivity index (χ0n) is 11.3. The second-order valence-corrected chi connectivity index (χ2v) is 5.48. The second kappa shape index (κ2) is 5.46. The van der Waals surface area contributed by atoms with E-state index < -0.39 is 0 Å². The van der Waals surface area contributed by atoms with Gasteiger partial charge in [-0.2, -0.15) is 0 Å². The highest BCUT2D eigenvalue weighted by Gasteiger charge is 2.08. The van der Waals surface area contributed by atoms with Crippen LogP contribution in [0.3, 0.4) is 0 Å². The Morgan fingerprint density at radius 2 is 2.10 bits per heavy atom. The van der Waals surface area contributed by atoms with Gasteiger partial charge in [-0.25, -0.2) is 4.98 Å². The van der Waals surface area contributed by atoms with Gasteiger partial charge < -0.3 is 10.1 Å². The van der Waals surface area contributed by atoms with Gasteiger partial charge in [0.1, 0.15) is 0 Å². The number of hydrogen-bond donors (Lipinski definition) is 1. The number of thiophene rings is 1. The van der Waals surface area contributed by atoms with E-state index >= 15 is 0 Å². The molecule has 0 spiro atoms. The van der Waals surface area contributed by atoms with Gasteiger partial charge in [0.05, 0.1) is 35.3 Å². The van der Waals surface area contributed by atoms with Crippen molar-refractivity contribution in [3.8, 4) is 5.88 Å². The summed E-state index contributed by atoms with van der Waals surface area (Å²) >= 11 is 1.71. The molecule has 1 N–H and O–H groups in total. The van der Waals surface area contributed by atoms with E-state index in [1.54, 1.807) is 24.6 Å². The van der Waals surface area contributed by atoms with Crippen molar-refractivity contribution in [1.82, 2.24) is 9.97 Å². The quantitative estimate of drug-likeness (QED) is 0.790. The Balaban J connectivity index is 1.78. The minimum atomic E-state index is 0.171. The van der Waals surface area contributed by atoms with Gasteiger partial charge in [-0.15, -0.1) is 11.3 Å². The van der Waals surface area contributed by atoms with Crippen molar-refractivity contribution in [3.05, 3.63) is 47.6 Å². The Kier molecular flexibility index (Phi) is 3.52. The molecule has 3 rings (SSSR count). The predicted molar refractivity (Wildman–Crippen MR) is 82.4 cm³/mol. The van der Waals surface area contributed by atoms with E-state index in [4.69, 9.17) is 4.74 Å². The SMILES string of the molecule is COc1ccc(NC(C)c2cnc3ccsc3c2)cn1. The number of aromatic nitrogens is 2. The van der Waals surface area contributed by atoms with Crippen molar-refractivity contribution in [3.63, 3.8) is 0 Å². The van der Waals surface area contributed by atoms with Crippen molar-refractivity contribution >= 4 is 27.2 Å². The number of rotatable bonds is 4. The van der Waals surface area contributed by atoms with Crippen molar-refractivity contribution in [2.45, 2.75) is 13.0 Å². The fraction of sp³-hybridized carbons (Fsp3) is 0.200. The van der Waals surface area contributed by atoms with Gasteiger partial charge in [0.25, 0.3) is 0 Å². The largest absolute Gasteiger partial charge is 0.481 e. The number of ether oxygens (including phenoxy) is 1. The molecule has 1 unspecified atom stereocenters. The van der Waals surface area contributed by atoms with Gasteiger partial charge in [0, 0.05) is 12.3 Å². The number of anilines is 1. The van der Waals surface area contributed by atoms with Crippen LogP contribution in [0.1, 0.15) is 18.5 Å². The number of pyridine rings is 2. The lowest BCUT2D eigenvalue weighted by Crippen LogP contribution is -2.07. The van der Waals surface area contributed by atoms with Gasteiger partial charge in [-0.1, -0.05) is 0 Å². The smallest absolute Gasteiger partial charge is 0.213 e. The number of hydrogen-bond acceptors (Lipinski definition) is 5. The molecule has 3 aromatic heterocycles. The van der Waals surface area contributed by atoms with E-state index in [-0.39, 0.29) is 6.04 Å². The van der Waals surface area contributed by atoms with Crippen LogP contribution in [0.5, 0.6) is 5.88 Å². The van der Waals surface area contributed by atoms with Crippen LogP contribution in [-0.2, 0) is 0 Å². The molecule has 5 heteroatoms. The second-order valence-electron chi connectivity index (χ2n) is 4.53. The maximum atomic E-state index is 5.05. The Bertz CT molecular complexity index is 708. The summed E-state index contributed by atoms with van der Waals surface area (Å²) in [6, 6.07) is 8.19. The molecule has 1 atom stereocenters. The Hall–Kier alpha value is -2.14. The average Bonchev–Trinajstić information content (AvgIpc) is 2.95. The molecule has 0 aliphatic carbocycles. The molecule has 3 aromatic rings. The Morgan fingerprint density at radius 3 is 2.85 bits per heavy atom. The molecular weight excluding hydrogens is 270 g/mol. The zero-order valence-corrected chi connectivity index (χ0v) is 12.1. The van der Waals surface area contributed by atoms with Crippen LogP contribution in [0.15, 0.2) is 42.0 Å². The van der Waals surface area contributed by atoms with Crippen LogP contribution in [0.4, 0.5) is 5.69 Å². The van der Waals surface area contributed by atoms with Crippen molar-refractivity contribution in [2.24, 2.45) is 0 Å². The highest BCUT2D eigenvalue weighted by atomic mass is 32.1. The molecule has 4 nitrogen and oxygen atoms in total. The van der Waals surface area contributed by atoms with Gasteiger partial charge in [-0.3, -0.25) is 4.98 Å². The van der Waals surface area contributed by atoms with Crippen LogP contribution < -0.4 is 10.1 Å². The van der Waals surface area contributed by atoms with Crippen molar-refractivity contribution in [1.29, 1.82) is 0 Å². The molecule has 20 heavy (non-hydrogen) atoms. The lowest BCUT2D eigenvalue weighted by molar-refractivity contribution is 0.398. The summed E-state index contributed by atoms with van der Waals surface area (Å²) in [5.74, 6) is 0.616. The average molecular weight is 285 g/mol. The van der Waals surface area contributed by atoms with E-state index in [1.807, 2.05) is 24.4 Å². The van der Waals surface area contributed by atoms with Crippen LogP contribution >= 0.6 is 11.3 Å². The lowest BCUT2D eigenvalue weighted by Gasteiger charge is -2.15. The molecule has 102 valence electrons. The summed E-state index contributed by atoms with van der Waals surface area (Å²) < 4.78 is 6.26. The number of nitrogens with one attached hydrogen (secondary N) is 1. The van der Waals surface area contributed by atoms with Gasteiger partial charge in [0.15, 0.2) is 0 Å². The van der Waals surface area contributed by atoms with E-state index in [2.05, 4.69) is 33.7 Å². The molecule has 0 amide bonds. The summed E-state index contributed by atoms with van der Waals surface area (Å²) in [7, 11) is 1.61. The summed E-state index contributed by atoms with van der Waals surface area (Å²) in [6.07, 6.45) is 3.69. The van der Waals surface area contributed by atoms with Gasteiger partial charge in [-0.05, 0) is 36.1 Å². The molecule has 0 aromatic carbocycles. The van der Waals surface area contributed by atoms with Crippen molar-refractivity contribution < 1.29 is 4.74 Å². The topological polar surface area (TPSA) is 47.0 Å². The highest BCUT2D eigenvalue weighted by molar-refractivity contribution is 7.17. The van der Waals surface area contributed by atoms with Crippen molar-refractivity contribution in [2.75, 3.05) is 12.4 Å². The van der Waals surface area contributed by atoms with E-state index in [0.29, 0.717) is 5.88 Å². The monoisotopic (exact) mass is 285 g/mol. The molecule has 0 aliphatic rings. The Morgan fingerprint density at radius 1 is 1.20 bits per heavy atom. The maximum absolute atomic E-state index is 5.05. The summed E-state index contributed by atoms with van der Waals surface area (Å²) in [4.78, 5) is 8.65. The number of nitrogens with zero attached hydrogens (tertiary/aromatic N) is 2. The summed E-state index contributed by atoms with van der Waals surface area (Å²) in [6.45, 7) is 2.11. The van der Waals surface area contributed by atoms with E-state index in [1.165, 1.54) is 4.70 Å². The van der Waals surface area contributed by atoms with Gasteiger partial charge in [0.2, 0.25) is 5.88 Å². The minimum absolute atomic E-state index is 0.171. The highest BCUT2D eigenvalue weighted by Crippen LogP contribution is 2.25. The van der Waals surface area contributed by atoms with Gasteiger partial charge >= 0.3 is 0 Å². The van der Waals surface area contributed by atoms with Crippen LogP contribution in [0, 0.1) is 0 Å². The summed E-state index contributed by atoms with van der Waals surface area (Å²) in [5, 5.41) is 5.48. The molecule has 0 aliphatic heterocycles. The fourth-order valence-corrected chi connectivity index (χ4v) is 2.81. The number of fused-ring (bicyclic) bond motifs is 1. The minimum Gasteiger partial charge on any atom is -0.481 e. The predicted octanol–water partition coefficient (Wildman–Crippen LogP) is 3.87. The maximum Gasteiger partial charge on any atom is 0.213 e. The van der Waals surface area contributed by atoms with E-state index in [0.717, 1.165) is 16.8 Å². The lowest BCUT2D eigenvalue weighted by atomic mass is 10.1. The Labute approximate surface area is 121 Å². The third kappa shape index (κ3) is 2.58. The number of methoxy groups -OCH3 is 1. The molecule has 0 saturated heterocycles. The molecule has 0 bridgehead atoms. The van der Waals surface area contributed by atoms with Crippen LogP contribution in [0.25, 0.3) is 10.2 Å². The first-order valence-electron chi connectivity index (χ1n) is 6.36. The normalized spacial score (nSPS) is 12.3. The first-order chi connectivity index (χ1) is 9.76. The molecular formula is C15H15N3OS. The standard InChI is InChI=1S/C15H15N3OS/c1-10(18-12-3-4-15(19-2)17-9-12)11-7-14-13(16-8-11)5-6-20-14/h3-10,18H,1-2H3. The third-order valence-corrected chi connectivity index (χ3v) is 4.01. The van der Waals surface area contributed by atoms with E-state index in [9.17, 15) is 0 Å². The van der Waals surface area contributed by atoms with Crippen LogP contribution in [0.2, 0.25) is 0 Å². The van der Waals surface area contributed by atoms with Crippen LogP contribution in [-0.4, -0.2) is 17.1 Å². The molecule has 0 fully saturated rings. The zero-order chi connectivity index (χ0) is 13.9. The first kappa shape index (κ1) is 12.9. The molecule has 0 saturated carbocycles.